The van der Waals surface area contributed by atoms with E-state index in [1.54, 1.807) is 20.8 Å². The Hall–Kier alpha value is -2.18. The molecule has 0 saturated heterocycles. The highest BCUT2D eigenvalue weighted by Gasteiger charge is 2.29. The lowest BCUT2D eigenvalue weighted by molar-refractivity contribution is -0.394. The highest BCUT2D eigenvalue weighted by molar-refractivity contribution is 5.59. The van der Waals surface area contributed by atoms with E-state index in [9.17, 15) is 25.3 Å². The maximum absolute atomic E-state index is 10.7. The Labute approximate surface area is 97.0 Å². The fourth-order valence-electron chi connectivity index (χ4n) is 1.42. The molecular formula is C10H12N2O5. The Morgan fingerprint density at radius 3 is 2.00 bits per heavy atom. The molecule has 0 aliphatic heterocycles. The number of phenolic OH excluding ortho intramolecular Hbond substituents is 1. The van der Waals surface area contributed by atoms with E-state index in [4.69, 9.17) is 0 Å². The second-order valence-electron chi connectivity index (χ2n) is 4.63. The van der Waals surface area contributed by atoms with Crippen molar-refractivity contribution in [2.45, 2.75) is 26.2 Å². The highest BCUT2D eigenvalue weighted by Crippen LogP contribution is 2.40. The van der Waals surface area contributed by atoms with Gasteiger partial charge in [0.1, 0.15) is 0 Å². The van der Waals surface area contributed by atoms with Crippen molar-refractivity contribution < 1.29 is 15.0 Å². The van der Waals surface area contributed by atoms with Crippen LogP contribution >= 0.6 is 0 Å². The molecule has 0 heterocycles. The van der Waals surface area contributed by atoms with Crippen LogP contribution in [0.2, 0.25) is 0 Å². The zero-order chi connectivity index (χ0) is 13.4. The zero-order valence-electron chi connectivity index (χ0n) is 9.63. The van der Waals surface area contributed by atoms with E-state index in [-0.39, 0.29) is 5.56 Å². The van der Waals surface area contributed by atoms with Crippen LogP contribution in [-0.2, 0) is 5.41 Å². The summed E-state index contributed by atoms with van der Waals surface area (Å²) >= 11 is 0. The molecule has 0 unspecified atom stereocenters. The first-order chi connectivity index (χ1) is 7.64. The quantitative estimate of drug-likeness (QED) is 0.631. The molecule has 1 N–H and O–H groups in total. The first kappa shape index (κ1) is 12.9. The predicted octanol–water partition coefficient (Wildman–Crippen LogP) is 2.51. The van der Waals surface area contributed by atoms with Crippen LogP contribution in [0.4, 0.5) is 11.4 Å². The van der Waals surface area contributed by atoms with Crippen LogP contribution in [0.1, 0.15) is 26.3 Å². The van der Waals surface area contributed by atoms with Gasteiger partial charge < -0.3 is 5.11 Å². The normalized spacial score (nSPS) is 11.2. The van der Waals surface area contributed by atoms with Crippen LogP contribution in [0.5, 0.6) is 5.75 Å². The molecular weight excluding hydrogens is 228 g/mol. The molecule has 1 aromatic rings. The van der Waals surface area contributed by atoms with E-state index >= 15 is 0 Å². The second-order valence-corrected chi connectivity index (χ2v) is 4.63. The summed E-state index contributed by atoms with van der Waals surface area (Å²) < 4.78 is 0. The SMILES string of the molecule is CC(C)(C)c1cc([N+](=O)[O-])cc([N+](=O)[O-])c1O. The molecule has 1 aromatic carbocycles. The van der Waals surface area contributed by atoms with Crippen molar-refractivity contribution in [3.8, 4) is 5.75 Å². The van der Waals surface area contributed by atoms with Gasteiger partial charge in [0.2, 0.25) is 0 Å². The third-order valence-electron chi connectivity index (χ3n) is 2.29. The molecule has 0 atom stereocenters. The Morgan fingerprint density at radius 1 is 1.12 bits per heavy atom. The molecule has 0 saturated carbocycles. The molecule has 0 amide bonds. The number of aromatic hydroxyl groups is 1. The lowest BCUT2D eigenvalue weighted by Crippen LogP contribution is -2.12. The van der Waals surface area contributed by atoms with E-state index < -0.39 is 32.4 Å². The molecule has 0 fully saturated rings. The van der Waals surface area contributed by atoms with Crippen LogP contribution in [0.3, 0.4) is 0 Å². The maximum Gasteiger partial charge on any atom is 0.317 e. The van der Waals surface area contributed by atoms with E-state index in [1.807, 2.05) is 0 Å². The number of benzene rings is 1. The molecule has 0 aliphatic rings. The van der Waals surface area contributed by atoms with Crippen molar-refractivity contribution in [3.63, 3.8) is 0 Å². The van der Waals surface area contributed by atoms with Crippen molar-refractivity contribution in [2.24, 2.45) is 0 Å². The smallest absolute Gasteiger partial charge is 0.317 e. The number of nitrogens with zero attached hydrogens (tertiary/aromatic N) is 2. The van der Waals surface area contributed by atoms with Crippen LogP contribution in [0.25, 0.3) is 0 Å². The lowest BCUT2D eigenvalue weighted by Gasteiger charge is -2.19. The van der Waals surface area contributed by atoms with Gasteiger partial charge in [-0.05, 0) is 5.41 Å². The summed E-state index contributed by atoms with van der Waals surface area (Å²) in [6, 6.07) is 1.91. The largest absolute Gasteiger partial charge is 0.502 e. The summed E-state index contributed by atoms with van der Waals surface area (Å²) in [6.07, 6.45) is 0. The van der Waals surface area contributed by atoms with Gasteiger partial charge in [0, 0.05) is 11.6 Å². The van der Waals surface area contributed by atoms with E-state index in [0.29, 0.717) is 0 Å². The number of non-ortho nitro benzene ring substituents is 1. The van der Waals surface area contributed by atoms with Crippen molar-refractivity contribution >= 4 is 11.4 Å². The predicted molar refractivity (Wildman–Crippen MR) is 60.1 cm³/mol. The summed E-state index contributed by atoms with van der Waals surface area (Å²) in [5.41, 5.74) is -1.50. The minimum atomic E-state index is -0.836. The van der Waals surface area contributed by atoms with E-state index in [1.165, 1.54) is 0 Å². The number of hydrogen-bond donors (Lipinski definition) is 1. The van der Waals surface area contributed by atoms with Gasteiger partial charge >= 0.3 is 5.69 Å². The summed E-state index contributed by atoms with van der Waals surface area (Å²) in [7, 11) is 0. The second kappa shape index (κ2) is 4.00. The molecule has 0 aliphatic carbocycles. The summed E-state index contributed by atoms with van der Waals surface area (Å²) in [6.45, 7) is 5.11. The van der Waals surface area contributed by atoms with Crippen molar-refractivity contribution in [3.05, 3.63) is 37.9 Å². The molecule has 7 nitrogen and oxygen atoms in total. The zero-order valence-corrected chi connectivity index (χ0v) is 9.63. The van der Waals surface area contributed by atoms with Crippen molar-refractivity contribution in [1.29, 1.82) is 0 Å². The number of phenols is 1. The fourth-order valence-corrected chi connectivity index (χ4v) is 1.42. The third kappa shape index (κ3) is 2.49. The van der Waals surface area contributed by atoms with Gasteiger partial charge in [0.05, 0.1) is 15.9 Å². The summed E-state index contributed by atoms with van der Waals surface area (Å²) in [4.78, 5) is 19.8. The first-order valence-electron chi connectivity index (χ1n) is 4.81. The number of rotatable bonds is 2. The molecule has 0 radical (unpaired) electrons. The van der Waals surface area contributed by atoms with Crippen LogP contribution in [-0.4, -0.2) is 15.0 Å². The topological polar surface area (TPSA) is 107 Å². The summed E-state index contributed by atoms with van der Waals surface area (Å²) in [5, 5.41) is 31.1. The van der Waals surface area contributed by atoms with Crippen LogP contribution in [0.15, 0.2) is 12.1 Å². The molecule has 1 rings (SSSR count). The molecule has 92 valence electrons. The average Bonchev–Trinajstić information content (AvgIpc) is 2.15. The van der Waals surface area contributed by atoms with Crippen LogP contribution < -0.4 is 0 Å². The minimum absolute atomic E-state index is 0.179. The lowest BCUT2D eigenvalue weighted by atomic mass is 9.85. The van der Waals surface area contributed by atoms with Gasteiger partial charge in [-0.3, -0.25) is 20.2 Å². The monoisotopic (exact) mass is 240 g/mol. The fraction of sp³-hybridized carbons (Fsp3) is 0.400. The average molecular weight is 240 g/mol. The standard InChI is InChI=1S/C10H12N2O5/c1-10(2,3)7-4-6(11(14)15)5-8(9(7)13)12(16)17/h4-5,13H,1-3H3. The Morgan fingerprint density at radius 2 is 1.65 bits per heavy atom. The van der Waals surface area contributed by atoms with Gasteiger partial charge in [-0.15, -0.1) is 0 Å². The van der Waals surface area contributed by atoms with Gasteiger partial charge in [-0.1, -0.05) is 20.8 Å². The van der Waals surface area contributed by atoms with Crippen molar-refractivity contribution in [1.82, 2.24) is 0 Å². The molecule has 0 bridgehead atoms. The van der Waals surface area contributed by atoms with Gasteiger partial charge in [0.25, 0.3) is 5.69 Å². The van der Waals surface area contributed by atoms with Gasteiger partial charge in [-0.2, -0.15) is 0 Å². The number of nitro groups is 2. The maximum atomic E-state index is 10.7. The van der Waals surface area contributed by atoms with Crippen molar-refractivity contribution in [2.75, 3.05) is 0 Å². The Bertz CT molecular complexity index is 490. The summed E-state index contributed by atoms with van der Waals surface area (Å²) in [5.74, 6) is -0.520. The third-order valence-corrected chi connectivity index (χ3v) is 2.29. The van der Waals surface area contributed by atoms with E-state index in [0.717, 1.165) is 12.1 Å². The molecule has 0 aromatic heterocycles. The first-order valence-corrected chi connectivity index (χ1v) is 4.81. The molecule has 7 heteroatoms. The van der Waals surface area contributed by atoms with Gasteiger partial charge in [-0.25, -0.2) is 0 Å². The minimum Gasteiger partial charge on any atom is -0.502 e. The number of nitro benzene ring substituents is 2. The van der Waals surface area contributed by atoms with Gasteiger partial charge in [0.15, 0.2) is 5.75 Å². The Balaban J connectivity index is 3.60. The van der Waals surface area contributed by atoms with Crippen LogP contribution in [0, 0.1) is 20.2 Å². The number of hydrogen-bond acceptors (Lipinski definition) is 5. The van der Waals surface area contributed by atoms with E-state index in [2.05, 4.69) is 0 Å². The Kier molecular flexibility index (Phi) is 3.03. The molecule has 0 spiro atoms. The molecule has 17 heavy (non-hydrogen) atoms. The highest BCUT2D eigenvalue weighted by atomic mass is 16.6.